The number of amides is 1. The van der Waals surface area contributed by atoms with Crippen LogP contribution in [0, 0.1) is 0 Å². The van der Waals surface area contributed by atoms with Crippen LogP contribution in [0.25, 0.3) is 5.57 Å². The van der Waals surface area contributed by atoms with E-state index in [2.05, 4.69) is 35.3 Å². The van der Waals surface area contributed by atoms with Crippen molar-refractivity contribution in [3.63, 3.8) is 0 Å². The molecule has 1 spiro atoms. The third-order valence-corrected chi connectivity index (χ3v) is 7.94. The first-order valence-electron chi connectivity index (χ1n) is 12.8. The summed E-state index contributed by atoms with van der Waals surface area (Å²) in [5.41, 5.74) is 3.39. The highest BCUT2D eigenvalue weighted by Gasteiger charge is 2.57. The molecule has 2 fully saturated rings. The van der Waals surface area contributed by atoms with E-state index < -0.39 is 17.2 Å². The van der Waals surface area contributed by atoms with Crippen LogP contribution in [0.15, 0.2) is 48.8 Å². The number of hydrogen-bond donors (Lipinski definition) is 0. The van der Waals surface area contributed by atoms with Crippen LogP contribution in [-0.4, -0.2) is 65.8 Å². The number of likely N-dealkylation sites (tertiary alicyclic amines) is 1. The maximum absolute atomic E-state index is 13.7. The summed E-state index contributed by atoms with van der Waals surface area (Å²) in [6.07, 6.45) is 7.57. The van der Waals surface area contributed by atoms with Gasteiger partial charge < -0.3 is 19.2 Å². The number of hydrogen-bond acceptors (Lipinski definition) is 8. The average molecular weight is 504 g/mol. The van der Waals surface area contributed by atoms with Gasteiger partial charge in [-0.15, -0.1) is 5.06 Å². The quantitative estimate of drug-likeness (QED) is 0.571. The maximum Gasteiger partial charge on any atom is 0.527 e. The van der Waals surface area contributed by atoms with Gasteiger partial charge >= 0.3 is 12.1 Å². The molecule has 4 aliphatic rings. The van der Waals surface area contributed by atoms with Crippen LogP contribution in [0.3, 0.4) is 0 Å². The predicted molar refractivity (Wildman–Crippen MR) is 132 cm³/mol. The smallest absolute Gasteiger partial charge is 0.449 e. The lowest BCUT2D eigenvalue weighted by Gasteiger charge is -2.27. The third-order valence-electron chi connectivity index (χ3n) is 7.94. The van der Waals surface area contributed by atoms with E-state index in [9.17, 15) is 14.4 Å². The molecule has 0 radical (unpaired) electrons. The zero-order chi connectivity index (χ0) is 25.6. The van der Waals surface area contributed by atoms with E-state index in [1.807, 2.05) is 11.0 Å². The van der Waals surface area contributed by atoms with Crippen molar-refractivity contribution in [2.45, 2.75) is 43.6 Å². The average Bonchev–Trinajstić information content (AvgIpc) is 3.55. The highest BCUT2D eigenvalue weighted by Crippen LogP contribution is 2.52. The van der Waals surface area contributed by atoms with Crippen LogP contribution in [0.1, 0.15) is 59.7 Å². The first-order chi connectivity index (χ1) is 17.9. The molecule has 1 aromatic heterocycles. The van der Waals surface area contributed by atoms with Gasteiger partial charge in [-0.3, -0.25) is 9.78 Å². The van der Waals surface area contributed by atoms with Crippen molar-refractivity contribution in [3.8, 4) is 0 Å². The zero-order valence-corrected chi connectivity index (χ0v) is 20.8. The molecule has 1 saturated carbocycles. The molecular formula is C28H29N3O6. The van der Waals surface area contributed by atoms with Crippen molar-refractivity contribution in [1.29, 1.82) is 0 Å². The molecule has 6 rings (SSSR count). The number of fused-ring (bicyclic) bond motifs is 2. The molecule has 1 saturated heterocycles. The molecule has 192 valence electrons. The van der Waals surface area contributed by atoms with Crippen molar-refractivity contribution in [2.75, 3.05) is 32.8 Å². The number of pyridine rings is 1. The van der Waals surface area contributed by atoms with E-state index in [1.165, 1.54) is 5.57 Å². The second-order valence-electron chi connectivity index (χ2n) is 10.1. The zero-order valence-electron chi connectivity index (χ0n) is 20.8. The molecule has 1 unspecified atom stereocenters. The van der Waals surface area contributed by atoms with Gasteiger partial charge in [0.25, 0.3) is 0 Å². The maximum atomic E-state index is 13.7. The Balaban J connectivity index is 1.13. The Bertz CT molecular complexity index is 1290. The molecule has 1 aliphatic carbocycles. The number of nitrogens with zero attached hydrogens (tertiary/aromatic N) is 3. The fraction of sp³-hybridized carbons (Fsp3) is 0.429. The number of hydroxylamine groups is 2. The minimum absolute atomic E-state index is 0.110. The summed E-state index contributed by atoms with van der Waals surface area (Å²) < 4.78 is 10.6. The lowest BCUT2D eigenvalue weighted by atomic mass is 9.91. The number of esters is 1. The summed E-state index contributed by atoms with van der Waals surface area (Å²) in [4.78, 5) is 48.7. The Morgan fingerprint density at radius 3 is 2.62 bits per heavy atom. The summed E-state index contributed by atoms with van der Waals surface area (Å²) in [5, 5.41) is 1.59. The first kappa shape index (κ1) is 23.7. The highest BCUT2D eigenvalue weighted by atomic mass is 16.8. The van der Waals surface area contributed by atoms with Crippen molar-refractivity contribution >= 4 is 23.6 Å². The van der Waals surface area contributed by atoms with Gasteiger partial charge in [0.2, 0.25) is 5.91 Å². The second-order valence-corrected chi connectivity index (χ2v) is 10.1. The number of benzene rings is 1. The summed E-state index contributed by atoms with van der Waals surface area (Å²) in [6, 6.07) is 10.1. The van der Waals surface area contributed by atoms with Crippen LogP contribution in [-0.2, 0) is 30.1 Å². The number of aromatic nitrogens is 1. The monoisotopic (exact) mass is 503 g/mol. The van der Waals surface area contributed by atoms with E-state index >= 15 is 0 Å². The Kier molecular flexibility index (Phi) is 5.75. The van der Waals surface area contributed by atoms with E-state index in [4.69, 9.17) is 14.3 Å². The normalized spacial score (nSPS) is 23.9. The van der Waals surface area contributed by atoms with Gasteiger partial charge in [0.05, 0.1) is 30.7 Å². The molecule has 4 heterocycles. The summed E-state index contributed by atoms with van der Waals surface area (Å²) in [5.74, 6) is -0.249. The fourth-order valence-corrected chi connectivity index (χ4v) is 5.80. The van der Waals surface area contributed by atoms with E-state index in [0.717, 1.165) is 36.0 Å². The number of ether oxygens (including phenoxy) is 2. The van der Waals surface area contributed by atoms with Crippen LogP contribution >= 0.6 is 0 Å². The molecule has 1 amide bonds. The molecule has 2 aromatic rings. The SMILES string of the molecule is CCOC(=O)ON1CC=C(c2ccc(C3(C(=O)N4CCC5(C4)OC(=O)c4cnccc45)CC3)cc2)CC1. The van der Waals surface area contributed by atoms with E-state index in [-0.39, 0.29) is 18.5 Å². The molecule has 9 heteroatoms. The Labute approximate surface area is 214 Å². The molecule has 0 bridgehead atoms. The molecular weight excluding hydrogens is 474 g/mol. The van der Waals surface area contributed by atoms with Crippen LogP contribution in [0.4, 0.5) is 4.79 Å². The van der Waals surface area contributed by atoms with Gasteiger partial charge in [-0.05, 0) is 49.0 Å². The van der Waals surface area contributed by atoms with E-state index in [1.54, 1.807) is 24.4 Å². The summed E-state index contributed by atoms with van der Waals surface area (Å²) >= 11 is 0. The summed E-state index contributed by atoms with van der Waals surface area (Å²) in [6.45, 7) is 4.05. The minimum atomic E-state index is -0.761. The van der Waals surface area contributed by atoms with Gasteiger partial charge in [0.1, 0.15) is 0 Å². The Hall–Kier alpha value is -3.72. The van der Waals surface area contributed by atoms with Crippen LogP contribution in [0.5, 0.6) is 0 Å². The van der Waals surface area contributed by atoms with Crippen molar-refractivity contribution in [3.05, 3.63) is 71.1 Å². The second kappa shape index (κ2) is 8.99. The van der Waals surface area contributed by atoms with Crippen molar-refractivity contribution < 1.29 is 28.7 Å². The van der Waals surface area contributed by atoms with Gasteiger partial charge in [0, 0.05) is 37.5 Å². The lowest BCUT2D eigenvalue weighted by molar-refractivity contribution is -0.134. The van der Waals surface area contributed by atoms with E-state index in [0.29, 0.717) is 38.2 Å². The van der Waals surface area contributed by atoms with Crippen molar-refractivity contribution in [2.24, 2.45) is 0 Å². The van der Waals surface area contributed by atoms with Gasteiger partial charge in [-0.25, -0.2) is 9.59 Å². The number of carbonyl (C=O) groups excluding carboxylic acids is 3. The molecule has 37 heavy (non-hydrogen) atoms. The Morgan fingerprint density at radius 2 is 1.92 bits per heavy atom. The summed E-state index contributed by atoms with van der Waals surface area (Å²) in [7, 11) is 0. The van der Waals surface area contributed by atoms with Gasteiger partial charge in [-0.1, -0.05) is 30.3 Å². The molecule has 1 atom stereocenters. The minimum Gasteiger partial charge on any atom is -0.449 e. The number of carbonyl (C=O) groups is 3. The standard InChI is InChI=1S/C28H29N3O6/c1-2-35-26(34)37-31-14-8-20(9-15-31)19-3-5-21(6-4-19)27(10-11-27)25(33)30-16-12-28(18-30)23-7-13-29-17-22(23)24(32)36-28/h3-8,13,17H,2,9-12,14-16,18H2,1H3. The molecule has 1 aromatic carbocycles. The third kappa shape index (κ3) is 4.07. The predicted octanol–water partition coefficient (Wildman–Crippen LogP) is 3.59. The molecule has 9 nitrogen and oxygen atoms in total. The number of rotatable bonds is 5. The lowest BCUT2D eigenvalue weighted by Crippen LogP contribution is -2.40. The van der Waals surface area contributed by atoms with Gasteiger partial charge in [-0.2, -0.15) is 0 Å². The molecule has 3 aliphatic heterocycles. The largest absolute Gasteiger partial charge is 0.527 e. The van der Waals surface area contributed by atoms with Crippen molar-refractivity contribution in [1.82, 2.24) is 14.9 Å². The van der Waals surface area contributed by atoms with Crippen LogP contribution < -0.4 is 0 Å². The van der Waals surface area contributed by atoms with Crippen LogP contribution in [0.2, 0.25) is 0 Å². The van der Waals surface area contributed by atoms with Gasteiger partial charge in [0.15, 0.2) is 5.60 Å². The highest BCUT2D eigenvalue weighted by molar-refractivity contribution is 5.95. The first-order valence-corrected chi connectivity index (χ1v) is 12.8. The fourth-order valence-electron chi connectivity index (χ4n) is 5.80. The Morgan fingerprint density at radius 1 is 1.11 bits per heavy atom. The molecule has 0 N–H and O–H groups in total. The topological polar surface area (TPSA) is 98.3 Å².